The number of aromatic hydroxyl groups is 1. The summed E-state index contributed by atoms with van der Waals surface area (Å²) < 4.78 is 0. The first-order valence-electron chi connectivity index (χ1n) is 21.7. The molecule has 7 rings (SSSR count). The van der Waals surface area contributed by atoms with E-state index in [0.717, 1.165) is 50.5 Å². The summed E-state index contributed by atoms with van der Waals surface area (Å²) in [5, 5.41) is 13.9. The molecular formula is C55H66N3OPtSi-. The van der Waals surface area contributed by atoms with Crippen molar-refractivity contribution in [3.05, 3.63) is 149 Å². The number of allylic oxidation sites excluding steroid dienone is 2. The third-order valence-corrected chi connectivity index (χ3v) is 14.2. The number of aromatic nitrogens is 1. The normalized spacial score (nSPS) is 17.1. The number of amidine groups is 1. The standard InChI is InChI=1S/C55H66N3OSi.Pt/c1-52(2,3)39-24-25-46(48(34-39)60(13,14)15)58-47-23-19-22-42(49(47)57-51(58)43-32-41(54(7,8)9)33-44(50(43)59)55(10,11)12)37-28-38(30-40(29-37)53(4,5)6)45-31-36(26-27-56-45)35-20-17-16-18-21-35;/h16-27,29-34,47,49,59H,1-15H3;/q-1;. The summed E-state index contributed by atoms with van der Waals surface area (Å²) in [6.07, 6.45) is 8.65. The summed E-state index contributed by atoms with van der Waals surface area (Å²) in [6.45, 7) is 34.3. The molecule has 0 spiro atoms. The van der Waals surface area contributed by atoms with E-state index in [9.17, 15) is 5.11 Å². The van der Waals surface area contributed by atoms with Crippen LogP contribution in [-0.4, -0.2) is 36.1 Å². The summed E-state index contributed by atoms with van der Waals surface area (Å²) >= 11 is 0. The number of hydrogen-bond donors (Lipinski definition) is 1. The van der Waals surface area contributed by atoms with Gasteiger partial charge in [-0.2, -0.15) is 0 Å². The third kappa shape index (κ3) is 9.40. The largest absolute Gasteiger partial charge is 0.507 e. The number of nitrogens with zero attached hydrogens (tertiary/aromatic N) is 3. The molecule has 1 N–H and O–H groups in total. The van der Waals surface area contributed by atoms with Gasteiger partial charge in [-0.05, 0) is 67.3 Å². The SMILES string of the molecule is CC(C)(C)c1cc(C2=CC=CC3C2N=C(c2cc(C(C)(C)C)cc(C(C)(C)C)c2O)N3c2ccc(C(C)(C)C)cc2[Si](C)(C)C)[c-]c(-c2cc(-c3ccccc3)ccn2)c1.[Pt]. The fourth-order valence-corrected chi connectivity index (χ4v) is 9.96. The molecule has 0 saturated carbocycles. The smallest absolute Gasteiger partial charge is 0.139 e. The summed E-state index contributed by atoms with van der Waals surface area (Å²) in [5.41, 5.74) is 12.3. The average molecular weight is 1010 g/mol. The Kier molecular flexibility index (Phi) is 12.4. The molecule has 2 aliphatic rings. The zero-order valence-electron chi connectivity index (χ0n) is 39.2. The second-order valence-corrected chi connectivity index (χ2v) is 27.2. The number of fused-ring (bicyclic) bond motifs is 1. The Morgan fingerprint density at radius 1 is 0.656 bits per heavy atom. The van der Waals surface area contributed by atoms with Crippen molar-refractivity contribution in [2.75, 3.05) is 4.90 Å². The molecule has 2 unspecified atom stereocenters. The first-order chi connectivity index (χ1) is 27.8. The van der Waals surface area contributed by atoms with E-state index in [2.05, 4.69) is 217 Å². The minimum Gasteiger partial charge on any atom is -0.507 e. The van der Waals surface area contributed by atoms with E-state index in [0.29, 0.717) is 5.75 Å². The Labute approximate surface area is 382 Å². The fraction of sp³-hybridized carbons (Fsp3) is 0.382. The molecule has 1 aliphatic heterocycles. The third-order valence-electron chi connectivity index (χ3n) is 12.2. The average Bonchev–Trinajstić information content (AvgIpc) is 3.55. The Balaban J connectivity index is 0.00000622. The predicted octanol–water partition coefficient (Wildman–Crippen LogP) is 13.3. The summed E-state index contributed by atoms with van der Waals surface area (Å²) in [7, 11) is -1.93. The fourth-order valence-electron chi connectivity index (χ4n) is 8.40. The number of phenolic OH excluding ortho intramolecular Hbond substituents is 1. The summed E-state index contributed by atoms with van der Waals surface area (Å²) in [6, 6.07) is 34.3. The van der Waals surface area contributed by atoms with Gasteiger partial charge >= 0.3 is 0 Å². The second-order valence-electron chi connectivity index (χ2n) is 22.2. The molecule has 6 heteroatoms. The Morgan fingerprint density at radius 3 is 1.89 bits per heavy atom. The molecule has 0 saturated heterocycles. The van der Waals surface area contributed by atoms with Crippen LogP contribution in [0.5, 0.6) is 5.75 Å². The number of rotatable bonds is 6. The number of aliphatic imine (C=N–C) groups is 1. The van der Waals surface area contributed by atoms with Gasteiger partial charge in [0.2, 0.25) is 0 Å². The van der Waals surface area contributed by atoms with Crippen molar-refractivity contribution in [2.45, 2.75) is 136 Å². The first kappa shape index (κ1) is 46.2. The van der Waals surface area contributed by atoms with Crippen molar-refractivity contribution in [2.24, 2.45) is 4.99 Å². The van der Waals surface area contributed by atoms with Gasteiger partial charge in [0.05, 0.1) is 25.7 Å². The maximum atomic E-state index is 12.5. The van der Waals surface area contributed by atoms with Crippen LogP contribution in [0.1, 0.15) is 116 Å². The second kappa shape index (κ2) is 16.4. The van der Waals surface area contributed by atoms with Gasteiger partial charge in [0, 0.05) is 44.2 Å². The van der Waals surface area contributed by atoms with Crippen LogP contribution < -0.4 is 10.1 Å². The van der Waals surface area contributed by atoms with Gasteiger partial charge in [0.15, 0.2) is 0 Å². The van der Waals surface area contributed by atoms with Crippen molar-refractivity contribution in [1.29, 1.82) is 0 Å². The van der Waals surface area contributed by atoms with Crippen LogP contribution in [0.3, 0.4) is 0 Å². The van der Waals surface area contributed by atoms with Crippen LogP contribution >= 0.6 is 0 Å². The molecule has 322 valence electrons. The molecule has 61 heavy (non-hydrogen) atoms. The van der Waals surface area contributed by atoms with E-state index in [1.54, 1.807) is 0 Å². The van der Waals surface area contributed by atoms with Gasteiger partial charge in [0.1, 0.15) is 11.6 Å². The molecule has 1 aromatic heterocycles. The molecule has 2 heterocycles. The molecule has 0 radical (unpaired) electrons. The number of pyridine rings is 1. The monoisotopic (exact) mass is 1010 g/mol. The molecule has 1 aliphatic carbocycles. The van der Waals surface area contributed by atoms with Crippen LogP contribution in [0.25, 0.3) is 28.0 Å². The molecule has 0 bridgehead atoms. The van der Waals surface area contributed by atoms with E-state index in [4.69, 9.17) is 9.98 Å². The van der Waals surface area contributed by atoms with Crippen molar-refractivity contribution >= 4 is 30.4 Å². The molecular weight excluding hydrogens is 942 g/mol. The van der Waals surface area contributed by atoms with Gasteiger partial charge in [-0.15, -0.1) is 29.3 Å². The van der Waals surface area contributed by atoms with E-state index in [1.807, 2.05) is 6.20 Å². The number of benzene rings is 4. The maximum absolute atomic E-state index is 12.5. The summed E-state index contributed by atoms with van der Waals surface area (Å²) in [5.74, 6) is 1.12. The number of anilines is 1. The molecule has 4 nitrogen and oxygen atoms in total. The Bertz CT molecular complexity index is 2530. The molecule has 5 aromatic rings. The van der Waals surface area contributed by atoms with E-state index < -0.39 is 8.07 Å². The zero-order chi connectivity index (χ0) is 43.7. The first-order valence-corrected chi connectivity index (χ1v) is 25.2. The van der Waals surface area contributed by atoms with Crippen LogP contribution in [0.2, 0.25) is 19.6 Å². The topological polar surface area (TPSA) is 48.7 Å². The van der Waals surface area contributed by atoms with E-state index in [1.165, 1.54) is 27.6 Å². The van der Waals surface area contributed by atoms with Crippen molar-refractivity contribution in [3.8, 4) is 28.1 Å². The molecule has 0 amide bonds. The van der Waals surface area contributed by atoms with Gasteiger partial charge in [-0.1, -0.05) is 187 Å². The number of phenols is 1. The van der Waals surface area contributed by atoms with Crippen LogP contribution in [0.15, 0.2) is 114 Å². The summed E-state index contributed by atoms with van der Waals surface area (Å²) in [4.78, 5) is 13.2. The Hall–Kier alpha value is -4.31. The minimum atomic E-state index is -1.93. The van der Waals surface area contributed by atoms with Gasteiger partial charge in [-0.25, -0.2) is 0 Å². The maximum Gasteiger partial charge on any atom is 0.139 e. The van der Waals surface area contributed by atoms with Crippen LogP contribution in [0, 0.1) is 6.07 Å². The zero-order valence-corrected chi connectivity index (χ0v) is 42.4. The van der Waals surface area contributed by atoms with Gasteiger partial charge in [-0.3, -0.25) is 9.98 Å². The van der Waals surface area contributed by atoms with Crippen LogP contribution in [-0.2, 0) is 42.7 Å². The molecule has 0 fully saturated rings. The van der Waals surface area contributed by atoms with Crippen LogP contribution in [0.4, 0.5) is 5.69 Å². The molecule has 4 aromatic carbocycles. The Morgan fingerprint density at radius 2 is 1.28 bits per heavy atom. The quantitative estimate of drug-likeness (QED) is 0.136. The minimum absolute atomic E-state index is 0. The van der Waals surface area contributed by atoms with E-state index in [-0.39, 0.29) is 54.8 Å². The van der Waals surface area contributed by atoms with Crippen molar-refractivity contribution in [3.63, 3.8) is 0 Å². The van der Waals surface area contributed by atoms with Crippen molar-refractivity contribution < 1.29 is 26.2 Å². The van der Waals surface area contributed by atoms with Gasteiger partial charge < -0.3 is 10.0 Å². The number of hydrogen-bond acceptors (Lipinski definition) is 4. The predicted molar refractivity (Wildman–Crippen MR) is 260 cm³/mol. The van der Waals surface area contributed by atoms with Crippen molar-refractivity contribution in [1.82, 2.24) is 4.98 Å². The van der Waals surface area contributed by atoms with Gasteiger partial charge in [0.25, 0.3) is 0 Å². The van der Waals surface area contributed by atoms with E-state index >= 15 is 0 Å². The molecule has 2 atom stereocenters.